The quantitative estimate of drug-likeness (QED) is 0.0919. The van der Waals surface area contributed by atoms with Crippen molar-refractivity contribution in [2.75, 3.05) is 19.8 Å². The number of carbonyl (C=O) groups excluding carboxylic acids is 11. The van der Waals surface area contributed by atoms with Gasteiger partial charge in [0.15, 0.2) is 30.7 Å². The number of esters is 11. The zero-order valence-corrected chi connectivity index (χ0v) is 57.2. The van der Waals surface area contributed by atoms with Crippen LogP contribution in [0.15, 0.2) is 60.8 Å². The minimum atomic E-state index is -3.53. The van der Waals surface area contributed by atoms with Crippen LogP contribution in [0.4, 0.5) is 0 Å². The summed E-state index contributed by atoms with van der Waals surface area (Å²) in [5, 5.41) is 17.7. The summed E-state index contributed by atoms with van der Waals surface area (Å²) in [6.45, 7) is 23.5. The Morgan fingerprint density at radius 3 is 1.26 bits per heavy atom. The standard InChI is InChI=1S/C16H20O6.C15H15NO6.C13H13NO4.C13H16O7S.C11H14O5S/c1-9(2)14(18)20-8-13(17)22-16-5-10-3-11(6-16)15(19)21-12(4-10)7-16;1-7(2)13(18)20-5-10(17)21-11-8-3-9-12(11)22-14(19)15(9,4-8)6-16;1-6(2)11(15)17-9-7-3-8-10(9)18-12(16)13(8,4-7)5-14;1-6(2)13(15)18-5-10(14)19-11-7-3-8-9(4-7)21(16,17)20-12(8)11;1-5(2)11(12)15-9-6-3-7-8(4-6)17(13,14)16-10(7)9/h10-12H,1,3-8H2,2H3;8-9,11-12H,1,3-5H2,2H3;7-10H,1,3-4H2,2H3;7-9,11-12H,1,3-5H2,2H3;6-10H,1,3-4H2,2H3. The molecule has 16 rings (SSSR count). The second-order valence-electron chi connectivity index (χ2n) is 29.1. The van der Waals surface area contributed by atoms with Gasteiger partial charge in [0.25, 0.3) is 20.2 Å². The minimum Gasteiger partial charge on any atom is -0.462 e. The van der Waals surface area contributed by atoms with Gasteiger partial charge in [-0.1, -0.05) is 32.9 Å². The molecule has 16 fully saturated rings. The van der Waals surface area contributed by atoms with E-state index in [9.17, 15) is 80.1 Å². The fourth-order valence-electron chi connectivity index (χ4n) is 18.0. The van der Waals surface area contributed by atoms with Crippen molar-refractivity contribution in [3.63, 3.8) is 0 Å². The second kappa shape index (κ2) is 27.2. The van der Waals surface area contributed by atoms with E-state index in [-0.39, 0.29) is 87.3 Å². The summed E-state index contributed by atoms with van der Waals surface area (Å²) in [7, 11) is -6.96. The van der Waals surface area contributed by atoms with Crippen LogP contribution in [-0.4, -0.2) is 173 Å². The maximum absolute atomic E-state index is 12.0. The Balaban J connectivity index is 0.000000126. The van der Waals surface area contributed by atoms with Crippen LogP contribution in [-0.2, 0) is 133 Å². The van der Waals surface area contributed by atoms with Gasteiger partial charge in [0, 0.05) is 88.1 Å². The largest absolute Gasteiger partial charge is 0.462 e. The van der Waals surface area contributed by atoms with Gasteiger partial charge in [0.2, 0.25) is 0 Å². The number of nitriles is 2. The lowest BCUT2D eigenvalue weighted by Gasteiger charge is -2.45. The van der Waals surface area contributed by atoms with E-state index in [2.05, 4.69) is 45.0 Å². The van der Waals surface area contributed by atoms with E-state index in [1.807, 2.05) is 0 Å². The highest BCUT2D eigenvalue weighted by molar-refractivity contribution is 7.88. The number of hydrogen-bond acceptors (Lipinski definition) is 30. The molecule has 6 saturated heterocycles. The fourth-order valence-corrected chi connectivity index (χ4v) is 21.8. The van der Waals surface area contributed by atoms with Gasteiger partial charge in [-0.3, -0.25) is 22.7 Å². The van der Waals surface area contributed by atoms with Gasteiger partial charge in [-0.05, 0) is 111 Å². The topological polar surface area (TPSA) is 424 Å². The van der Waals surface area contributed by atoms with Crippen molar-refractivity contribution in [2.24, 2.45) is 70.0 Å². The zero-order valence-electron chi connectivity index (χ0n) is 55.6. The molecule has 24 unspecified atom stereocenters. The molecule has 30 nitrogen and oxygen atoms in total. The summed E-state index contributed by atoms with van der Waals surface area (Å²) < 4.78 is 114. The molecule has 100 heavy (non-hydrogen) atoms. The first kappa shape index (κ1) is 72.9. The molecule has 0 amide bonds. The van der Waals surface area contributed by atoms with E-state index >= 15 is 0 Å². The maximum atomic E-state index is 12.0. The van der Waals surface area contributed by atoms with Crippen LogP contribution in [0.25, 0.3) is 0 Å². The van der Waals surface area contributed by atoms with Crippen LogP contribution in [0.1, 0.15) is 118 Å². The Labute approximate surface area is 575 Å². The van der Waals surface area contributed by atoms with Crippen LogP contribution in [0, 0.1) is 92.7 Å². The lowest BCUT2D eigenvalue weighted by Crippen LogP contribution is -2.48. The third-order valence-electron chi connectivity index (χ3n) is 22.1. The molecule has 0 aromatic rings. The molecule has 10 aliphatic carbocycles. The van der Waals surface area contributed by atoms with Crippen LogP contribution < -0.4 is 0 Å². The predicted molar refractivity (Wildman–Crippen MR) is 331 cm³/mol. The normalized spacial score (nSPS) is 39.5. The average molecular weight is 1440 g/mol. The van der Waals surface area contributed by atoms with Crippen LogP contribution >= 0.6 is 0 Å². The first-order chi connectivity index (χ1) is 46.9. The van der Waals surface area contributed by atoms with E-state index in [1.165, 1.54) is 20.8 Å². The van der Waals surface area contributed by atoms with Gasteiger partial charge < -0.3 is 52.1 Å². The third kappa shape index (κ3) is 13.5. The summed E-state index contributed by atoms with van der Waals surface area (Å²) in [5.74, 6) is -6.12. The van der Waals surface area contributed by atoms with E-state index < -0.39 is 170 Å². The van der Waals surface area contributed by atoms with Gasteiger partial charge in [-0.15, -0.1) is 0 Å². The number of carbonyl (C=O) groups is 11. The Morgan fingerprint density at radius 1 is 0.460 bits per heavy atom. The van der Waals surface area contributed by atoms with Crippen molar-refractivity contribution >= 4 is 85.9 Å². The number of nitrogens with zero attached hydrogens (tertiary/aromatic N) is 2. The SMILES string of the molecule is C=C(C)C(=O)OC1C2CC3C1OC(=O)C3(C#N)C2.C=C(C)C(=O)OC1C2CC3C1OS(=O)(=O)C3C2.C=C(C)C(=O)OCC(=O)OC12CC3CC(C1)OC(=O)C(C3)C2.C=C(C)C(=O)OCC(=O)OC1C2CC3C1OC(=O)C3(C#N)C2.C=C(C)C(=O)OCC(=O)OC1C2CC3C1OS(=O)(=O)C3C2. The van der Waals surface area contributed by atoms with Crippen LogP contribution in [0.5, 0.6) is 0 Å². The van der Waals surface area contributed by atoms with E-state index in [1.54, 1.807) is 13.8 Å². The summed E-state index contributed by atoms with van der Waals surface area (Å²) in [4.78, 5) is 128. The Kier molecular flexibility index (Phi) is 19.8. The van der Waals surface area contributed by atoms with E-state index in [0.29, 0.717) is 68.4 Å². The molecule has 0 N–H and O–H groups in total. The third-order valence-corrected chi connectivity index (χ3v) is 25.7. The second-order valence-corrected chi connectivity index (χ2v) is 32.7. The number of rotatable bonds is 16. The summed E-state index contributed by atoms with van der Waals surface area (Å²) in [6, 6.07) is 4.20. The van der Waals surface area contributed by atoms with E-state index in [4.69, 9.17) is 60.5 Å². The lowest BCUT2D eigenvalue weighted by atomic mass is 9.65. The van der Waals surface area contributed by atoms with Gasteiger partial charge in [-0.25, -0.2) is 38.4 Å². The summed E-state index contributed by atoms with van der Waals surface area (Å²) in [6.07, 6.45) is 3.95. The van der Waals surface area contributed by atoms with Gasteiger partial charge in [-0.2, -0.15) is 27.4 Å². The van der Waals surface area contributed by atoms with Crippen molar-refractivity contribution in [3.8, 4) is 12.1 Å². The fraction of sp³-hybridized carbons (Fsp3) is 0.662. The molecule has 24 atom stereocenters. The average Bonchev–Trinajstić information content (AvgIpc) is 1.56. The van der Waals surface area contributed by atoms with Crippen molar-refractivity contribution in [1.29, 1.82) is 10.5 Å². The van der Waals surface area contributed by atoms with Crippen molar-refractivity contribution < 1.29 is 130 Å². The first-order valence-electron chi connectivity index (χ1n) is 33.1. The van der Waals surface area contributed by atoms with Crippen LogP contribution in [0.2, 0.25) is 0 Å². The number of ether oxygens (including phenoxy) is 11. The molecule has 6 aliphatic heterocycles. The molecule has 10 saturated carbocycles. The van der Waals surface area contributed by atoms with Gasteiger partial charge in [0.1, 0.15) is 60.5 Å². The van der Waals surface area contributed by atoms with Crippen molar-refractivity contribution in [2.45, 2.75) is 189 Å². The molecule has 6 heterocycles. The molecule has 32 heteroatoms. The predicted octanol–water partition coefficient (Wildman–Crippen LogP) is 3.73. The molecule has 540 valence electrons. The molecule has 12 bridgehead atoms. The highest BCUT2D eigenvalue weighted by atomic mass is 32.2. The molecule has 16 aliphatic rings. The molecule has 0 aromatic heterocycles. The minimum absolute atomic E-state index is 0.00284. The maximum Gasteiger partial charge on any atom is 0.344 e. The zero-order chi connectivity index (χ0) is 72.8. The monoisotopic (exact) mass is 1430 g/mol. The number of hydrogen-bond donors (Lipinski definition) is 0. The molecule has 0 aromatic carbocycles. The Bertz CT molecular complexity index is 3920. The lowest BCUT2D eigenvalue weighted by molar-refractivity contribution is -0.180. The highest BCUT2D eigenvalue weighted by Gasteiger charge is 2.74. The molecule has 0 spiro atoms. The smallest absolute Gasteiger partial charge is 0.344 e. The van der Waals surface area contributed by atoms with Crippen LogP contribution in [0.3, 0.4) is 0 Å². The summed E-state index contributed by atoms with van der Waals surface area (Å²) in [5.41, 5.74) is -1.43. The van der Waals surface area contributed by atoms with Gasteiger partial charge in [0.05, 0.1) is 28.6 Å². The number of fused-ring (bicyclic) bond motifs is 5. The molecule has 0 radical (unpaired) electrons. The molecular weight excluding hydrogens is 1360 g/mol. The Morgan fingerprint density at radius 2 is 0.850 bits per heavy atom. The van der Waals surface area contributed by atoms with Crippen molar-refractivity contribution in [3.05, 3.63) is 60.8 Å². The summed E-state index contributed by atoms with van der Waals surface area (Å²) >= 11 is 0. The highest BCUT2D eigenvalue weighted by Crippen LogP contribution is 2.64. The molecular formula is C68H78N2O28S2. The van der Waals surface area contributed by atoms with Crippen molar-refractivity contribution in [1.82, 2.24) is 0 Å². The van der Waals surface area contributed by atoms with Gasteiger partial charge >= 0.3 is 65.7 Å². The van der Waals surface area contributed by atoms with E-state index in [0.717, 1.165) is 32.1 Å². The first-order valence-corrected chi connectivity index (χ1v) is 36.0. The Hall–Kier alpha value is -8.33.